The molecule has 3 N–H and O–H groups in total. The second-order valence-electron chi connectivity index (χ2n) is 9.92. The molecule has 33 heavy (non-hydrogen) atoms. The second-order valence-corrected chi connectivity index (χ2v) is 9.92. The molecule has 2 atom stereocenters. The maximum Gasteiger partial charge on any atom is 0.410 e. The van der Waals surface area contributed by atoms with Gasteiger partial charge in [-0.05, 0) is 65.5 Å². The molecule has 3 aromatic heterocycles. The Morgan fingerprint density at radius 1 is 1.21 bits per heavy atom. The van der Waals surface area contributed by atoms with Gasteiger partial charge in [-0.25, -0.2) is 9.78 Å². The van der Waals surface area contributed by atoms with Crippen molar-refractivity contribution in [3.63, 3.8) is 0 Å². The Kier molecular flexibility index (Phi) is 5.30. The Morgan fingerprint density at radius 3 is 2.64 bits per heavy atom. The lowest BCUT2D eigenvalue weighted by Crippen LogP contribution is -2.51. The number of amides is 1. The highest BCUT2D eigenvalue weighted by molar-refractivity contribution is 5.89. The average molecular weight is 451 g/mol. The molecule has 3 aromatic rings. The van der Waals surface area contributed by atoms with Gasteiger partial charge in [0.15, 0.2) is 11.5 Å². The number of hydrogen-bond acceptors (Lipinski definition) is 8. The number of fused-ring (bicyclic) bond motifs is 3. The molecule has 0 spiro atoms. The molecule has 5 heterocycles. The van der Waals surface area contributed by atoms with E-state index in [0.717, 1.165) is 36.8 Å². The average Bonchev–Trinajstić information content (AvgIpc) is 3.27. The summed E-state index contributed by atoms with van der Waals surface area (Å²) in [6.45, 7) is 7.66. The van der Waals surface area contributed by atoms with Crippen molar-refractivity contribution in [3.05, 3.63) is 30.1 Å². The van der Waals surface area contributed by atoms with E-state index in [0.29, 0.717) is 23.2 Å². The van der Waals surface area contributed by atoms with Gasteiger partial charge in [0, 0.05) is 36.1 Å². The van der Waals surface area contributed by atoms with Gasteiger partial charge < -0.3 is 20.3 Å². The van der Waals surface area contributed by atoms with Crippen LogP contribution in [0.25, 0.3) is 11.0 Å². The lowest BCUT2D eigenvalue weighted by Gasteiger charge is -2.39. The minimum absolute atomic E-state index is 0.166. The monoisotopic (exact) mass is 450 g/mol. The molecule has 174 valence electrons. The molecule has 0 saturated carbocycles. The number of rotatable bonds is 4. The highest BCUT2D eigenvalue weighted by Gasteiger charge is 2.45. The van der Waals surface area contributed by atoms with Gasteiger partial charge in [0.05, 0.1) is 5.39 Å². The van der Waals surface area contributed by atoms with Crippen LogP contribution in [0.1, 0.15) is 52.1 Å². The largest absolute Gasteiger partial charge is 0.444 e. The minimum Gasteiger partial charge on any atom is -0.444 e. The summed E-state index contributed by atoms with van der Waals surface area (Å²) in [5, 5.41) is 14.8. The van der Waals surface area contributed by atoms with Crippen LogP contribution in [-0.2, 0) is 4.74 Å². The van der Waals surface area contributed by atoms with Crippen LogP contribution in [0.3, 0.4) is 0 Å². The van der Waals surface area contributed by atoms with Gasteiger partial charge in [-0.2, -0.15) is 15.1 Å². The Hall–Kier alpha value is -3.43. The van der Waals surface area contributed by atoms with Crippen molar-refractivity contribution < 1.29 is 9.53 Å². The van der Waals surface area contributed by atoms with Crippen molar-refractivity contribution in [2.75, 3.05) is 10.6 Å². The summed E-state index contributed by atoms with van der Waals surface area (Å²) in [6.07, 6.45) is 5.17. The van der Waals surface area contributed by atoms with Crippen molar-refractivity contribution >= 4 is 34.7 Å². The molecule has 1 amide bonds. The third-order valence-corrected chi connectivity index (χ3v) is 6.09. The molecule has 0 aromatic carbocycles. The van der Waals surface area contributed by atoms with Gasteiger partial charge >= 0.3 is 6.09 Å². The number of carbonyl (C=O) groups is 1. The maximum atomic E-state index is 12.7. The summed E-state index contributed by atoms with van der Waals surface area (Å²) in [5.74, 6) is 1.85. The predicted octanol–water partition coefficient (Wildman–Crippen LogP) is 4.14. The number of pyridine rings is 1. The molecule has 10 nitrogen and oxygen atoms in total. The zero-order chi connectivity index (χ0) is 23.2. The van der Waals surface area contributed by atoms with Crippen LogP contribution in [0, 0.1) is 6.92 Å². The van der Waals surface area contributed by atoms with Crippen LogP contribution in [0.15, 0.2) is 24.4 Å². The number of aromatic nitrogens is 5. The van der Waals surface area contributed by atoms with E-state index in [-0.39, 0.29) is 24.2 Å². The van der Waals surface area contributed by atoms with E-state index in [9.17, 15) is 4.79 Å². The molecular weight excluding hydrogens is 420 g/mol. The van der Waals surface area contributed by atoms with Gasteiger partial charge in [-0.15, -0.1) is 0 Å². The van der Waals surface area contributed by atoms with Gasteiger partial charge in [-0.1, -0.05) is 0 Å². The van der Waals surface area contributed by atoms with Crippen LogP contribution in [0.2, 0.25) is 0 Å². The highest BCUT2D eigenvalue weighted by Crippen LogP contribution is 2.38. The molecule has 0 aliphatic carbocycles. The SMILES string of the molecule is Cc1cc(Nc2nc(NC3CC4CCC(C3)N4C(=O)OC(C)(C)C)nc3ncccc23)n[nH]1. The van der Waals surface area contributed by atoms with Gasteiger partial charge in [0.1, 0.15) is 11.4 Å². The van der Waals surface area contributed by atoms with Crippen LogP contribution >= 0.6 is 0 Å². The molecule has 0 radical (unpaired) electrons. The van der Waals surface area contributed by atoms with Gasteiger partial charge in [-0.3, -0.25) is 5.10 Å². The minimum atomic E-state index is -0.492. The second kappa shape index (κ2) is 8.17. The fourth-order valence-corrected chi connectivity index (χ4v) is 4.82. The number of aromatic amines is 1. The van der Waals surface area contributed by atoms with E-state index < -0.39 is 5.60 Å². The number of piperidine rings is 1. The third kappa shape index (κ3) is 4.55. The molecule has 2 fully saturated rings. The highest BCUT2D eigenvalue weighted by atomic mass is 16.6. The smallest absolute Gasteiger partial charge is 0.410 e. The molecule has 5 rings (SSSR count). The Bertz CT molecular complexity index is 1160. The molecular formula is C23H30N8O2. The van der Waals surface area contributed by atoms with Crippen molar-refractivity contribution in [1.29, 1.82) is 0 Å². The number of carbonyl (C=O) groups excluding carboxylic acids is 1. The fraction of sp³-hybridized carbons (Fsp3) is 0.522. The first-order chi connectivity index (χ1) is 15.7. The normalized spacial score (nSPS) is 22.4. The van der Waals surface area contributed by atoms with E-state index in [2.05, 4.69) is 30.8 Å². The third-order valence-electron chi connectivity index (χ3n) is 6.09. The Morgan fingerprint density at radius 2 is 1.97 bits per heavy atom. The van der Waals surface area contributed by atoms with Gasteiger partial charge in [0.25, 0.3) is 0 Å². The number of hydrogen-bond donors (Lipinski definition) is 3. The van der Waals surface area contributed by atoms with E-state index in [1.54, 1.807) is 6.20 Å². The van der Waals surface area contributed by atoms with E-state index in [1.165, 1.54) is 0 Å². The summed E-state index contributed by atoms with van der Waals surface area (Å²) in [6, 6.07) is 6.22. The zero-order valence-electron chi connectivity index (χ0n) is 19.4. The first-order valence-corrected chi connectivity index (χ1v) is 11.4. The Balaban J connectivity index is 1.34. The van der Waals surface area contributed by atoms with Crippen LogP contribution in [-0.4, -0.2) is 59.9 Å². The molecule has 2 saturated heterocycles. The number of anilines is 3. The predicted molar refractivity (Wildman–Crippen MR) is 125 cm³/mol. The van der Waals surface area contributed by atoms with Crippen LogP contribution < -0.4 is 10.6 Å². The summed E-state index contributed by atoms with van der Waals surface area (Å²) in [4.78, 5) is 28.5. The lowest BCUT2D eigenvalue weighted by atomic mass is 9.98. The van der Waals surface area contributed by atoms with E-state index in [1.807, 2.05) is 50.8 Å². The number of nitrogens with zero attached hydrogens (tertiary/aromatic N) is 5. The summed E-state index contributed by atoms with van der Waals surface area (Å²) in [7, 11) is 0. The van der Waals surface area contributed by atoms with E-state index >= 15 is 0 Å². The fourth-order valence-electron chi connectivity index (χ4n) is 4.82. The summed E-state index contributed by atoms with van der Waals surface area (Å²) in [5.41, 5.74) is 1.08. The molecule has 10 heteroatoms. The van der Waals surface area contributed by atoms with Gasteiger partial charge in [0.2, 0.25) is 5.95 Å². The number of H-pyrrole nitrogens is 1. The summed E-state index contributed by atoms with van der Waals surface area (Å²) >= 11 is 0. The molecule has 2 unspecified atom stereocenters. The number of nitrogens with one attached hydrogen (secondary N) is 3. The number of ether oxygens (including phenoxy) is 1. The topological polar surface area (TPSA) is 121 Å². The quantitative estimate of drug-likeness (QED) is 0.542. The van der Waals surface area contributed by atoms with Crippen molar-refractivity contribution in [2.45, 2.75) is 77.1 Å². The van der Waals surface area contributed by atoms with Crippen molar-refractivity contribution in [1.82, 2.24) is 30.0 Å². The maximum absolute atomic E-state index is 12.7. The first-order valence-electron chi connectivity index (χ1n) is 11.4. The standard InChI is InChI=1S/C23H30N8O2/c1-13-10-18(30-29-13)26-20-17-6-5-9-24-19(17)27-21(28-20)25-14-11-15-7-8-16(12-14)31(15)22(32)33-23(2,3)4/h5-6,9-10,14-16H,7-8,11-12H2,1-4H3,(H3,24,25,26,27,28,29,30). The van der Waals surface area contributed by atoms with Crippen molar-refractivity contribution in [3.8, 4) is 0 Å². The number of aryl methyl sites for hydroxylation is 1. The summed E-state index contributed by atoms with van der Waals surface area (Å²) < 4.78 is 5.65. The zero-order valence-corrected chi connectivity index (χ0v) is 19.4. The molecule has 2 aliphatic rings. The first kappa shape index (κ1) is 21.4. The molecule has 2 aliphatic heterocycles. The molecule has 2 bridgehead atoms. The van der Waals surface area contributed by atoms with Crippen LogP contribution in [0.4, 0.5) is 22.4 Å². The van der Waals surface area contributed by atoms with Crippen LogP contribution in [0.5, 0.6) is 0 Å². The van der Waals surface area contributed by atoms with E-state index in [4.69, 9.17) is 9.72 Å². The lowest BCUT2D eigenvalue weighted by molar-refractivity contribution is 0.00682. The van der Waals surface area contributed by atoms with Crippen molar-refractivity contribution in [2.24, 2.45) is 0 Å². The Labute approximate surface area is 192 Å².